The van der Waals surface area contributed by atoms with Crippen LogP contribution in [0.3, 0.4) is 0 Å². The zero-order valence-electron chi connectivity index (χ0n) is 22.1. The minimum absolute atomic E-state index is 0.218. The maximum absolute atomic E-state index is 13.7. The van der Waals surface area contributed by atoms with Gasteiger partial charge in [-0.2, -0.15) is 9.78 Å². The Labute approximate surface area is 276 Å². The number of para-hydroxylation sites is 1. The van der Waals surface area contributed by atoms with Crippen LogP contribution in [0.15, 0.2) is 96.1 Å². The van der Waals surface area contributed by atoms with Crippen molar-refractivity contribution < 1.29 is 13.9 Å². The molecule has 0 amide bonds. The molecule has 0 unspecified atom stereocenters. The zero-order valence-corrected chi connectivity index (χ0v) is 27.5. The Bertz CT molecular complexity index is 2130. The monoisotopic (exact) mass is 759 g/mol. The Kier molecular flexibility index (Phi) is 8.53. The fourth-order valence-electron chi connectivity index (χ4n) is 4.40. The van der Waals surface area contributed by atoms with E-state index in [0.717, 1.165) is 10.9 Å². The molecule has 0 fully saturated rings. The van der Waals surface area contributed by atoms with E-state index in [0.29, 0.717) is 63.3 Å². The van der Waals surface area contributed by atoms with Crippen LogP contribution in [0.1, 0.15) is 11.1 Å². The van der Waals surface area contributed by atoms with Crippen molar-refractivity contribution in [3.8, 4) is 23.1 Å². The molecule has 43 heavy (non-hydrogen) atoms. The van der Waals surface area contributed by atoms with Gasteiger partial charge in [-0.1, -0.05) is 53.0 Å². The minimum atomic E-state index is -0.362. The summed E-state index contributed by atoms with van der Waals surface area (Å²) in [5, 5.41) is 7.21. The van der Waals surface area contributed by atoms with Gasteiger partial charge in [-0.25, -0.2) is 4.98 Å². The van der Waals surface area contributed by atoms with E-state index >= 15 is 0 Å². The van der Waals surface area contributed by atoms with Gasteiger partial charge in [0.2, 0.25) is 5.82 Å². The molecule has 0 aliphatic rings. The predicted molar refractivity (Wildman–Crippen MR) is 178 cm³/mol. The average molecular weight is 763 g/mol. The van der Waals surface area contributed by atoms with Crippen molar-refractivity contribution in [1.82, 2.24) is 9.66 Å². The third-order valence-corrected chi connectivity index (χ3v) is 9.62. The molecule has 0 saturated heterocycles. The second kappa shape index (κ2) is 12.3. The van der Waals surface area contributed by atoms with Gasteiger partial charge < -0.3 is 13.9 Å². The summed E-state index contributed by atoms with van der Waals surface area (Å²) in [6.45, 7) is 0.218. The minimum Gasteiger partial charge on any atom is -0.493 e. The number of furan rings is 1. The van der Waals surface area contributed by atoms with Crippen LogP contribution >= 0.6 is 66.7 Å². The number of halogens is 5. The fraction of sp³-hybridized carbons (Fsp3) is 0.0645. The van der Waals surface area contributed by atoms with Gasteiger partial charge in [0.05, 0.1) is 38.7 Å². The number of nitrogens with zero attached hydrogens (tertiary/aromatic N) is 3. The lowest BCUT2D eigenvalue weighted by molar-refractivity contribution is 0.282. The second-order valence-electron chi connectivity index (χ2n) is 9.27. The normalized spacial score (nSPS) is 11.6. The molecule has 2 heterocycles. The van der Waals surface area contributed by atoms with Crippen molar-refractivity contribution in [3.05, 3.63) is 118 Å². The summed E-state index contributed by atoms with van der Waals surface area (Å²) >= 11 is 25.6. The molecule has 0 spiro atoms. The molecule has 2 aromatic heterocycles. The molecule has 0 aliphatic carbocycles. The Morgan fingerprint density at radius 1 is 0.977 bits per heavy atom. The maximum atomic E-state index is 13.7. The molecule has 0 saturated carbocycles. The van der Waals surface area contributed by atoms with Crippen LogP contribution in [0.25, 0.3) is 33.5 Å². The van der Waals surface area contributed by atoms with Gasteiger partial charge in [-0.15, -0.1) is 0 Å². The van der Waals surface area contributed by atoms with Gasteiger partial charge in [0, 0.05) is 20.4 Å². The topological polar surface area (TPSA) is 78.9 Å². The van der Waals surface area contributed by atoms with Crippen LogP contribution in [-0.2, 0) is 6.61 Å². The van der Waals surface area contributed by atoms with Crippen LogP contribution in [-0.4, -0.2) is 23.0 Å². The number of benzene rings is 4. The van der Waals surface area contributed by atoms with E-state index in [4.69, 9.17) is 53.7 Å². The van der Waals surface area contributed by atoms with Crippen LogP contribution in [0.4, 0.5) is 0 Å². The van der Waals surface area contributed by atoms with E-state index in [1.165, 1.54) is 18.0 Å². The standard InChI is InChI=1S/C31H18Br2Cl3N3O4/c1-41-25-13-18(27(32)28(33)29(25)42-15-16-6-8-21(35)22(36)10-16)14-37-39-30(38-23-5-3-2-4-20(23)31(39)40)26-12-17-11-19(34)7-9-24(17)43-26/h2-14H,15H2,1H3. The first-order chi connectivity index (χ1) is 20.7. The van der Waals surface area contributed by atoms with Crippen molar-refractivity contribution in [2.75, 3.05) is 7.11 Å². The molecule has 6 rings (SSSR count). The summed E-state index contributed by atoms with van der Waals surface area (Å²) in [6.07, 6.45) is 1.53. The number of hydrogen-bond acceptors (Lipinski definition) is 6. The summed E-state index contributed by atoms with van der Waals surface area (Å²) in [7, 11) is 1.53. The first-order valence-electron chi connectivity index (χ1n) is 12.6. The molecule has 0 atom stereocenters. The van der Waals surface area contributed by atoms with E-state index in [1.807, 2.05) is 12.1 Å². The van der Waals surface area contributed by atoms with E-state index in [2.05, 4.69) is 37.0 Å². The number of hydrogen-bond donors (Lipinski definition) is 0. The molecular weight excluding hydrogens is 745 g/mol. The van der Waals surface area contributed by atoms with Crippen LogP contribution in [0.5, 0.6) is 11.5 Å². The molecule has 4 aromatic carbocycles. The smallest absolute Gasteiger partial charge is 0.282 e. The first kappa shape index (κ1) is 29.7. The number of fused-ring (bicyclic) bond motifs is 2. The Morgan fingerprint density at radius 3 is 2.58 bits per heavy atom. The molecule has 0 N–H and O–H groups in total. The van der Waals surface area contributed by atoms with Gasteiger partial charge in [-0.3, -0.25) is 4.79 Å². The van der Waals surface area contributed by atoms with E-state index < -0.39 is 0 Å². The summed E-state index contributed by atoms with van der Waals surface area (Å²) in [5.41, 5.74) is 2.19. The van der Waals surface area contributed by atoms with Gasteiger partial charge in [0.25, 0.3) is 5.56 Å². The molecule has 0 bridgehead atoms. The quantitative estimate of drug-likeness (QED) is 0.151. The van der Waals surface area contributed by atoms with E-state index in [1.54, 1.807) is 60.7 Å². The van der Waals surface area contributed by atoms with Crippen molar-refractivity contribution in [3.63, 3.8) is 0 Å². The summed E-state index contributed by atoms with van der Waals surface area (Å²) in [6, 6.07) is 21.1. The summed E-state index contributed by atoms with van der Waals surface area (Å²) in [5.74, 6) is 1.50. The highest BCUT2D eigenvalue weighted by Crippen LogP contribution is 2.43. The second-order valence-corrected chi connectivity index (χ2v) is 12.1. The Hall–Kier alpha value is -3.34. The van der Waals surface area contributed by atoms with Crippen molar-refractivity contribution in [2.24, 2.45) is 5.10 Å². The molecule has 6 aromatic rings. The van der Waals surface area contributed by atoms with Gasteiger partial charge in [0.15, 0.2) is 17.3 Å². The molecule has 0 aliphatic heterocycles. The highest BCUT2D eigenvalue weighted by molar-refractivity contribution is 9.13. The highest BCUT2D eigenvalue weighted by atomic mass is 79.9. The van der Waals surface area contributed by atoms with E-state index in [-0.39, 0.29) is 18.0 Å². The third-order valence-electron chi connectivity index (χ3n) is 6.51. The lowest BCUT2D eigenvalue weighted by Gasteiger charge is -2.15. The largest absolute Gasteiger partial charge is 0.493 e. The fourth-order valence-corrected chi connectivity index (χ4v) is 5.84. The molecule has 7 nitrogen and oxygen atoms in total. The van der Waals surface area contributed by atoms with Crippen LogP contribution in [0, 0.1) is 0 Å². The number of methoxy groups -OCH3 is 1. The number of ether oxygens (including phenoxy) is 2. The predicted octanol–water partition coefficient (Wildman–Crippen LogP) is 9.76. The molecule has 216 valence electrons. The third kappa shape index (κ3) is 5.92. The Morgan fingerprint density at radius 2 is 1.79 bits per heavy atom. The molecule has 0 radical (unpaired) electrons. The number of rotatable bonds is 7. The first-order valence-corrected chi connectivity index (χ1v) is 15.3. The van der Waals surface area contributed by atoms with Gasteiger partial charge >= 0.3 is 0 Å². The van der Waals surface area contributed by atoms with Crippen molar-refractivity contribution in [2.45, 2.75) is 6.61 Å². The van der Waals surface area contributed by atoms with Gasteiger partial charge in [-0.05, 0) is 92.0 Å². The van der Waals surface area contributed by atoms with E-state index in [9.17, 15) is 4.79 Å². The highest BCUT2D eigenvalue weighted by Gasteiger charge is 2.19. The maximum Gasteiger partial charge on any atom is 0.282 e. The Balaban J connectivity index is 1.41. The lowest BCUT2D eigenvalue weighted by atomic mass is 10.2. The zero-order chi connectivity index (χ0) is 30.2. The number of aromatic nitrogens is 2. The lowest BCUT2D eigenvalue weighted by Crippen LogP contribution is -2.20. The molecular formula is C31H18Br2Cl3N3O4. The van der Waals surface area contributed by atoms with Crippen molar-refractivity contribution >= 4 is 94.7 Å². The van der Waals surface area contributed by atoms with Crippen molar-refractivity contribution in [1.29, 1.82) is 0 Å². The average Bonchev–Trinajstić information content (AvgIpc) is 3.42. The van der Waals surface area contributed by atoms with Gasteiger partial charge in [0.1, 0.15) is 12.2 Å². The SMILES string of the molecule is COc1cc(C=Nn2c(-c3cc4cc(Cl)ccc4o3)nc3ccccc3c2=O)c(Br)c(Br)c1OCc1ccc(Cl)c(Cl)c1. The molecule has 12 heteroatoms. The summed E-state index contributed by atoms with van der Waals surface area (Å²) < 4.78 is 20.2. The van der Waals surface area contributed by atoms with Crippen LogP contribution < -0.4 is 15.0 Å². The summed E-state index contributed by atoms with van der Waals surface area (Å²) in [4.78, 5) is 18.4. The van der Waals surface area contributed by atoms with Crippen LogP contribution in [0.2, 0.25) is 15.1 Å².